The first-order valence-electron chi connectivity index (χ1n) is 11.7. The molecule has 1 aromatic rings. The van der Waals surface area contributed by atoms with E-state index >= 15 is 0 Å². The van der Waals surface area contributed by atoms with Gasteiger partial charge in [-0.3, -0.25) is 4.99 Å². The van der Waals surface area contributed by atoms with Crippen molar-refractivity contribution in [1.82, 2.24) is 10.6 Å². The molecule has 0 amide bonds. The van der Waals surface area contributed by atoms with Gasteiger partial charge in [0.25, 0.3) is 0 Å². The van der Waals surface area contributed by atoms with Crippen molar-refractivity contribution in [3.05, 3.63) is 29.8 Å². The molecule has 182 valence electrons. The van der Waals surface area contributed by atoms with Crippen LogP contribution >= 0.6 is 24.0 Å². The topological polar surface area (TPSA) is 73.3 Å². The van der Waals surface area contributed by atoms with E-state index in [1.165, 1.54) is 5.56 Å². The van der Waals surface area contributed by atoms with E-state index < -0.39 is 0 Å². The number of nitrogens with one attached hydrogen (secondary N) is 2. The third kappa shape index (κ3) is 8.35. The summed E-state index contributed by atoms with van der Waals surface area (Å²) >= 11 is 0. The largest absolute Gasteiger partial charge is 0.497 e. The van der Waals surface area contributed by atoms with E-state index in [-0.39, 0.29) is 29.4 Å². The second-order valence-corrected chi connectivity index (χ2v) is 8.31. The Labute approximate surface area is 210 Å². The average Bonchev–Trinajstić information content (AvgIpc) is 3.34. The highest BCUT2D eigenvalue weighted by Gasteiger charge is 2.34. The van der Waals surface area contributed by atoms with Gasteiger partial charge in [-0.15, -0.1) is 24.0 Å². The molecule has 2 N–H and O–H groups in total. The molecule has 32 heavy (non-hydrogen) atoms. The maximum absolute atomic E-state index is 5.76. The fraction of sp³-hybridized carbons (Fsp3) is 0.708. The second-order valence-electron chi connectivity index (χ2n) is 8.31. The van der Waals surface area contributed by atoms with Gasteiger partial charge in [0.1, 0.15) is 5.75 Å². The standard InChI is InChI=1S/C24H39N3O4.HI/c1-3-25-23(26-13-5-14-30-18-22-6-4-15-31-22)27-19-24(11-16-29-17-12-24)20-7-9-21(28-2)10-8-20;/h7-10,22H,3-6,11-19H2,1-2H3,(H2,25,26,27);1H. The van der Waals surface area contributed by atoms with Gasteiger partial charge in [-0.1, -0.05) is 12.1 Å². The summed E-state index contributed by atoms with van der Waals surface area (Å²) in [5.41, 5.74) is 1.30. The summed E-state index contributed by atoms with van der Waals surface area (Å²) in [6.07, 6.45) is 5.45. The fourth-order valence-corrected chi connectivity index (χ4v) is 4.19. The first-order chi connectivity index (χ1) is 15.3. The number of methoxy groups -OCH3 is 1. The van der Waals surface area contributed by atoms with Crippen LogP contribution in [0.2, 0.25) is 0 Å². The monoisotopic (exact) mass is 561 g/mol. The SMILES string of the molecule is CCNC(=NCC1(c2ccc(OC)cc2)CCOCC1)NCCCOCC1CCCO1.I. The van der Waals surface area contributed by atoms with Crippen molar-refractivity contribution in [3.8, 4) is 5.75 Å². The minimum atomic E-state index is -0.00271. The molecule has 0 aromatic heterocycles. The lowest BCUT2D eigenvalue weighted by molar-refractivity contribution is 0.0168. The Morgan fingerprint density at radius 1 is 1.16 bits per heavy atom. The zero-order chi connectivity index (χ0) is 21.8. The van der Waals surface area contributed by atoms with E-state index in [1.54, 1.807) is 7.11 Å². The van der Waals surface area contributed by atoms with Crippen LogP contribution in [0.4, 0.5) is 0 Å². The minimum Gasteiger partial charge on any atom is -0.497 e. The van der Waals surface area contributed by atoms with Crippen LogP contribution in [0.1, 0.15) is 44.6 Å². The first kappa shape index (κ1) is 27.1. The van der Waals surface area contributed by atoms with Gasteiger partial charge in [-0.25, -0.2) is 0 Å². The van der Waals surface area contributed by atoms with Crippen molar-refractivity contribution >= 4 is 29.9 Å². The summed E-state index contributed by atoms with van der Waals surface area (Å²) in [6.45, 7) is 8.35. The van der Waals surface area contributed by atoms with Crippen molar-refractivity contribution in [1.29, 1.82) is 0 Å². The summed E-state index contributed by atoms with van der Waals surface area (Å²) in [5, 5.41) is 6.82. The van der Waals surface area contributed by atoms with E-state index in [9.17, 15) is 0 Å². The molecule has 2 aliphatic rings. The Morgan fingerprint density at radius 2 is 1.94 bits per heavy atom. The van der Waals surface area contributed by atoms with Crippen LogP contribution in [0.5, 0.6) is 5.75 Å². The van der Waals surface area contributed by atoms with E-state index in [0.29, 0.717) is 12.7 Å². The Balaban J connectivity index is 0.00000363. The lowest BCUT2D eigenvalue weighted by atomic mass is 9.74. The number of rotatable bonds is 11. The van der Waals surface area contributed by atoms with Crippen molar-refractivity contribution in [3.63, 3.8) is 0 Å². The molecular formula is C24H40IN3O4. The number of hydrogen-bond donors (Lipinski definition) is 2. The lowest BCUT2D eigenvalue weighted by Crippen LogP contribution is -2.41. The number of ether oxygens (including phenoxy) is 4. The first-order valence-corrected chi connectivity index (χ1v) is 11.7. The highest BCUT2D eigenvalue weighted by Crippen LogP contribution is 2.36. The fourth-order valence-electron chi connectivity index (χ4n) is 4.19. The van der Waals surface area contributed by atoms with E-state index in [2.05, 4.69) is 29.7 Å². The third-order valence-corrected chi connectivity index (χ3v) is 6.12. The molecule has 8 heteroatoms. The molecule has 0 bridgehead atoms. The summed E-state index contributed by atoms with van der Waals surface area (Å²) in [5.74, 6) is 1.74. The number of nitrogens with zero attached hydrogens (tertiary/aromatic N) is 1. The number of guanidine groups is 1. The maximum atomic E-state index is 5.76. The van der Waals surface area contributed by atoms with Crippen molar-refractivity contribution in [2.75, 3.05) is 59.8 Å². The van der Waals surface area contributed by atoms with Gasteiger partial charge >= 0.3 is 0 Å². The summed E-state index contributed by atoms with van der Waals surface area (Å²) in [6, 6.07) is 8.42. The van der Waals surface area contributed by atoms with Crippen LogP contribution in [0.15, 0.2) is 29.3 Å². The molecule has 0 saturated carbocycles. The van der Waals surface area contributed by atoms with Crippen LogP contribution in [-0.4, -0.2) is 71.8 Å². The van der Waals surface area contributed by atoms with Gasteiger partial charge in [0, 0.05) is 44.9 Å². The molecule has 2 heterocycles. The number of halogens is 1. The Bertz CT molecular complexity index is 660. The molecular weight excluding hydrogens is 521 g/mol. The smallest absolute Gasteiger partial charge is 0.191 e. The predicted molar refractivity (Wildman–Crippen MR) is 139 cm³/mol. The molecule has 3 rings (SSSR count). The molecule has 2 fully saturated rings. The Kier molecular flexibility index (Phi) is 12.7. The number of benzene rings is 1. The molecule has 2 aliphatic heterocycles. The lowest BCUT2D eigenvalue weighted by Gasteiger charge is -2.36. The zero-order valence-electron chi connectivity index (χ0n) is 19.6. The molecule has 7 nitrogen and oxygen atoms in total. The van der Waals surface area contributed by atoms with Gasteiger partial charge in [-0.2, -0.15) is 0 Å². The molecule has 2 saturated heterocycles. The van der Waals surface area contributed by atoms with Gasteiger partial charge in [-0.05, 0) is 56.7 Å². The predicted octanol–water partition coefficient (Wildman–Crippen LogP) is 3.50. The van der Waals surface area contributed by atoms with Crippen LogP contribution in [0.25, 0.3) is 0 Å². The number of hydrogen-bond acceptors (Lipinski definition) is 5. The third-order valence-electron chi connectivity index (χ3n) is 6.12. The van der Waals surface area contributed by atoms with Gasteiger partial charge in [0.2, 0.25) is 0 Å². The maximum Gasteiger partial charge on any atom is 0.191 e. The second kappa shape index (κ2) is 14.9. The molecule has 0 spiro atoms. The van der Waals surface area contributed by atoms with Crippen LogP contribution in [0, 0.1) is 0 Å². The summed E-state index contributed by atoms with van der Waals surface area (Å²) in [4.78, 5) is 4.96. The molecule has 0 aliphatic carbocycles. The molecule has 1 unspecified atom stereocenters. The van der Waals surface area contributed by atoms with E-state index in [1.807, 2.05) is 12.1 Å². The summed E-state index contributed by atoms with van der Waals surface area (Å²) < 4.78 is 22.3. The highest BCUT2D eigenvalue weighted by atomic mass is 127. The molecule has 1 aromatic carbocycles. The molecule has 1 atom stereocenters. The quantitative estimate of drug-likeness (QED) is 0.187. The highest BCUT2D eigenvalue weighted by molar-refractivity contribution is 14.0. The van der Waals surface area contributed by atoms with E-state index in [4.69, 9.17) is 23.9 Å². The minimum absolute atomic E-state index is 0. The Morgan fingerprint density at radius 3 is 2.59 bits per heavy atom. The van der Waals surface area contributed by atoms with Crippen molar-refractivity contribution in [2.24, 2.45) is 4.99 Å². The Hall–Kier alpha value is -1.10. The van der Waals surface area contributed by atoms with E-state index in [0.717, 1.165) is 89.9 Å². The summed E-state index contributed by atoms with van der Waals surface area (Å²) in [7, 11) is 1.70. The van der Waals surface area contributed by atoms with Crippen LogP contribution < -0.4 is 15.4 Å². The normalized spacial score (nSPS) is 20.4. The van der Waals surface area contributed by atoms with Crippen LogP contribution in [0.3, 0.4) is 0 Å². The average molecular weight is 562 g/mol. The van der Waals surface area contributed by atoms with Gasteiger partial charge in [0.05, 0.1) is 26.4 Å². The molecule has 0 radical (unpaired) electrons. The van der Waals surface area contributed by atoms with Crippen LogP contribution in [-0.2, 0) is 19.6 Å². The van der Waals surface area contributed by atoms with Gasteiger partial charge in [0.15, 0.2) is 5.96 Å². The zero-order valence-corrected chi connectivity index (χ0v) is 21.9. The number of aliphatic imine (C=N–C) groups is 1. The van der Waals surface area contributed by atoms with Gasteiger partial charge < -0.3 is 29.6 Å². The van der Waals surface area contributed by atoms with Crippen molar-refractivity contribution < 1.29 is 18.9 Å². The van der Waals surface area contributed by atoms with Crippen molar-refractivity contribution in [2.45, 2.75) is 50.5 Å².